The van der Waals surface area contributed by atoms with Crippen LogP contribution in [-0.2, 0) is 23.7 Å². The van der Waals surface area contributed by atoms with E-state index in [-0.39, 0.29) is 18.9 Å². The zero-order valence-electron chi connectivity index (χ0n) is 63.6. The van der Waals surface area contributed by atoms with Crippen LogP contribution in [0.4, 0.5) is 0 Å². The van der Waals surface area contributed by atoms with E-state index in [1.807, 2.05) is 6.08 Å². The van der Waals surface area contributed by atoms with Crippen LogP contribution in [0.25, 0.3) is 0 Å². The molecule has 9 N–H and O–H groups in total. The first kappa shape index (κ1) is 92.3. The maximum atomic E-state index is 13.4. The third-order valence-corrected chi connectivity index (χ3v) is 20.8. The van der Waals surface area contributed by atoms with Crippen molar-refractivity contribution in [3.05, 3.63) is 36.5 Å². The molecule has 2 heterocycles. The number of amides is 1. The molecular formula is C84H159NO13. The van der Waals surface area contributed by atoms with Crippen molar-refractivity contribution in [2.45, 2.75) is 473 Å². The number of aliphatic hydroxyl groups is 8. The number of hydrogen-bond donors (Lipinski definition) is 9. The second kappa shape index (κ2) is 68.3. The molecule has 14 nitrogen and oxygen atoms in total. The molecule has 0 aromatic heterocycles. The molecule has 0 saturated carbocycles. The van der Waals surface area contributed by atoms with Crippen LogP contribution in [0.1, 0.15) is 399 Å². The number of nitrogens with one attached hydrogen (secondary N) is 1. The molecule has 1 amide bonds. The van der Waals surface area contributed by atoms with E-state index in [1.165, 1.54) is 327 Å². The first-order valence-corrected chi connectivity index (χ1v) is 42.2. The Kier molecular flexibility index (Phi) is 64.3. The summed E-state index contributed by atoms with van der Waals surface area (Å²) in [7, 11) is 0. The standard InChI is InChI=1S/C84H159NO13/c1-3-5-7-9-11-13-15-17-19-21-23-25-27-29-31-33-35-36-38-40-42-44-46-48-50-52-54-56-58-60-62-64-66-68-76(89)85-72(71-95-83-81(94)79(92)82(75(70-87)97-83)98-84-80(93)78(91)77(90)74(69-86)96-84)73(88)67-65-63-61-59-57-55-53-51-49-47-45-43-41-39-37-34-32-30-28-26-24-22-20-18-16-14-12-10-8-6-4-2/h15,17,21,23,65,67,72-75,77-84,86-88,90-94H,3-14,16,18-20,22,24-64,66,68-71H2,1-2H3,(H,85,89)/b17-15-,23-21-,67-65+. The van der Waals surface area contributed by atoms with Gasteiger partial charge in [-0.1, -0.05) is 378 Å². The highest BCUT2D eigenvalue weighted by atomic mass is 16.7. The summed E-state index contributed by atoms with van der Waals surface area (Å²) in [4.78, 5) is 13.4. The third-order valence-electron chi connectivity index (χ3n) is 20.8. The van der Waals surface area contributed by atoms with Gasteiger partial charge in [-0.15, -0.1) is 0 Å². The second-order valence-corrected chi connectivity index (χ2v) is 30.0. The minimum Gasteiger partial charge on any atom is -0.394 e. The molecule has 2 fully saturated rings. The molecule has 0 spiro atoms. The zero-order chi connectivity index (χ0) is 70.8. The summed E-state index contributed by atoms with van der Waals surface area (Å²) < 4.78 is 22.9. The minimum atomic E-state index is -1.79. The number of carbonyl (C=O) groups excluding carboxylic acids is 1. The average Bonchev–Trinajstić information content (AvgIpc) is 0.793. The highest BCUT2D eigenvalue weighted by Crippen LogP contribution is 2.30. The summed E-state index contributed by atoms with van der Waals surface area (Å²) in [5, 5.41) is 87.8. The van der Waals surface area contributed by atoms with Crippen molar-refractivity contribution in [2.75, 3.05) is 19.8 Å². The molecular weight excluding hydrogens is 1230 g/mol. The quantitative estimate of drug-likeness (QED) is 0.0204. The summed E-state index contributed by atoms with van der Waals surface area (Å²) >= 11 is 0. The lowest BCUT2D eigenvalue weighted by molar-refractivity contribution is -0.359. The number of carbonyl (C=O) groups is 1. The Balaban J connectivity index is 1.59. The van der Waals surface area contributed by atoms with Crippen molar-refractivity contribution in [1.29, 1.82) is 0 Å². The largest absolute Gasteiger partial charge is 0.394 e. The molecule has 2 saturated heterocycles. The first-order valence-electron chi connectivity index (χ1n) is 42.2. The van der Waals surface area contributed by atoms with E-state index in [0.29, 0.717) is 6.42 Å². The normalized spacial score (nSPS) is 22.1. The van der Waals surface area contributed by atoms with Crippen molar-refractivity contribution < 1.29 is 64.6 Å². The summed E-state index contributed by atoms with van der Waals surface area (Å²) in [6.07, 6.45) is 73.8. The number of aliphatic hydroxyl groups excluding tert-OH is 8. The van der Waals surface area contributed by atoms with E-state index >= 15 is 0 Å². The van der Waals surface area contributed by atoms with Crippen LogP contribution < -0.4 is 5.32 Å². The molecule has 2 aliphatic heterocycles. The lowest BCUT2D eigenvalue weighted by Gasteiger charge is -2.46. The Hall–Kier alpha value is -1.79. The Bertz CT molecular complexity index is 1780. The van der Waals surface area contributed by atoms with Crippen LogP contribution in [-0.4, -0.2) is 140 Å². The van der Waals surface area contributed by atoms with Gasteiger partial charge in [0.25, 0.3) is 0 Å². The van der Waals surface area contributed by atoms with Gasteiger partial charge in [-0.2, -0.15) is 0 Å². The minimum absolute atomic E-state index is 0.230. The molecule has 0 aromatic carbocycles. The van der Waals surface area contributed by atoms with Gasteiger partial charge >= 0.3 is 0 Å². The molecule has 578 valence electrons. The van der Waals surface area contributed by atoms with Crippen molar-refractivity contribution in [3.8, 4) is 0 Å². The van der Waals surface area contributed by atoms with Gasteiger partial charge < -0.3 is 65.1 Å². The fourth-order valence-electron chi connectivity index (χ4n) is 14.2. The van der Waals surface area contributed by atoms with E-state index < -0.39 is 86.8 Å². The fraction of sp³-hybridized carbons (Fsp3) is 0.917. The maximum absolute atomic E-state index is 13.4. The molecule has 12 atom stereocenters. The van der Waals surface area contributed by atoms with Gasteiger partial charge in [-0.3, -0.25) is 4.79 Å². The number of hydrogen-bond acceptors (Lipinski definition) is 13. The highest BCUT2D eigenvalue weighted by Gasteiger charge is 2.51. The maximum Gasteiger partial charge on any atom is 0.220 e. The van der Waals surface area contributed by atoms with Gasteiger partial charge in [0.15, 0.2) is 12.6 Å². The predicted molar refractivity (Wildman–Crippen MR) is 406 cm³/mol. The number of unbranched alkanes of at least 4 members (excludes halogenated alkanes) is 55. The lowest BCUT2D eigenvalue weighted by Crippen LogP contribution is -2.65. The highest BCUT2D eigenvalue weighted by molar-refractivity contribution is 5.76. The van der Waals surface area contributed by atoms with E-state index in [2.05, 4.69) is 43.5 Å². The molecule has 0 radical (unpaired) electrons. The molecule has 14 heteroatoms. The van der Waals surface area contributed by atoms with Gasteiger partial charge in [-0.25, -0.2) is 0 Å². The van der Waals surface area contributed by atoms with E-state index in [4.69, 9.17) is 18.9 Å². The van der Waals surface area contributed by atoms with Crippen LogP contribution in [0.5, 0.6) is 0 Å². The molecule has 98 heavy (non-hydrogen) atoms. The Morgan fingerprint density at radius 2 is 0.673 bits per heavy atom. The summed E-state index contributed by atoms with van der Waals surface area (Å²) in [5.74, 6) is -0.230. The fourth-order valence-corrected chi connectivity index (χ4v) is 14.2. The van der Waals surface area contributed by atoms with Crippen LogP contribution in [0.3, 0.4) is 0 Å². The SMILES string of the molecule is CCCCCCC/C=C\C/C=C\CCCCCCCCCCCCCCCCCCCCCCCC(=O)NC(COC1OC(CO)C(OC2OC(CO)C(O)C(O)C2O)C(O)C1O)C(O)/C=C/CCCCCCCCCCCCCCCCCCCCCCCCCCCCCCC. The molecule has 0 aromatic rings. The Labute approximate surface area is 601 Å². The van der Waals surface area contributed by atoms with Gasteiger partial charge in [0.05, 0.1) is 32.0 Å². The van der Waals surface area contributed by atoms with Crippen LogP contribution in [0, 0.1) is 0 Å². The smallest absolute Gasteiger partial charge is 0.220 e. The second-order valence-electron chi connectivity index (χ2n) is 30.0. The molecule has 2 aliphatic rings. The number of ether oxygens (including phenoxy) is 4. The van der Waals surface area contributed by atoms with Crippen molar-refractivity contribution in [3.63, 3.8) is 0 Å². The molecule has 0 aliphatic carbocycles. The van der Waals surface area contributed by atoms with Gasteiger partial charge in [0.1, 0.15) is 48.8 Å². The first-order chi connectivity index (χ1) is 48.1. The van der Waals surface area contributed by atoms with Gasteiger partial charge in [-0.05, 0) is 51.4 Å². The average molecular weight is 1390 g/mol. The van der Waals surface area contributed by atoms with Crippen molar-refractivity contribution in [2.24, 2.45) is 0 Å². The predicted octanol–water partition coefficient (Wildman–Crippen LogP) is 19.6. The molecule has 12 unspecified atom stereocenters. The van der Waals surface area contributed by atoms with Crippen LogP contribution in [0.2, 0.25) is 0 Å². The topological polar surface area (TPSA) is 228 Å². The lowest BCUT2D eigenvalue weighted by atomic mass is 9.97. The van der Waals surface area contributed by atoms with E-state index in [9.17, 15) is 45.6 Å². The number of rotatable bonds is 72. The van der Waals surface area contributed by atoms with Crippen LogP contribution >= 0.6 is 0 Å². The van der Waals surface area contributed by atoms with E-state index in [1.54, 1.807) is 6.08 Å². The summed E-state index contributed by atoms with van der Waals surface area (Å²) in [5.41, 5.74) is 0. The third kappa shape index (κ3) is 50.6. The molecule has 2 rings (SSSR count). The Morgan fingerprint density at radius 1 is 0.367 bits per heavy atom. The van der Waals surface area contributed by atoms with Crippen molar-refractivity contribution in [1.82, 2.24) is 5.32 Å². The molecule has 0 bridgehead atoms. The zero-order valence-corrected chi connectivity index (χ0v) is 63.6. The van der Waals surface area contributed by atoms with Gasteiger partial charge in [0, 0.05) is 6.42 Å². The van der Waals surface area contributed by atoms with Gasteiger partial charge in [0.2, 0.25) is 5.91 Å². The summed E-state index contributed by atoms with van der Waals surface area (Å²) in [6.45, 7) is 2.86. The van der Waals surface area contributed by atoms with E-state index in [0.717, 1.165) is 44.9 Å². The van der Waals surface area contributed by atoms with Crippen molar-refractivity contribution >= 4 is 5.91 Å². The Morgan fingerprint density at radius 3 is 1.02 bits per heavy atom. The number of allylic oxidation sites excluding steroid dienone is 5. The monoisotopic (exact) mass is 1390 g/mol. The summed E-state index contributed by atoms with van der Waals surface area (Å²) in [6, 6.07) is -0.915. The van der Waals surface area contributed by atoms with Crippen LogP contribution in [0.15, 0.2) is 36.5 Å².